The van der Waals surface area contributed by atoms with Crippen molar-refractivity contribution in [2.75, 3.05) is 0 Å². The lowest BCUT2D eigenvalue weighted by Crippen LogP contribution is -2.48. The molecule has 0 N–H and O–H groups in total. The van der Waals surface area contributed by atoms with Crippen LogP contribution in [-0.2, 0) is 0 Å². The van der Waals surface area contributed by atoms with Crippen molar-refractivity contribution in [3.05, 3.63) is 151 Å². The van der Waals surface area contributed by atoms with Gasteiger partial charge in [-0.15, -0.1) is 0 Å². The zero-order valence-corrected chi connectivity index (χ0v) is 22.4. The lowest BCUT2D eigenvalue weighted by molar-refractivity contribution is 1.47. The van der Waals surface area contributed by atoms with Crippen molar-refractivity contribution >= 4 is 44.6 Å². The van der Waals surface area contributed by atoms with Crippen LogP contribution in [0.2, 0.25) is 0 Å². The maximum atomic E-state index is 2.43. The molecule has 0 unspecified atom stereocenters. The summed E-state index contributed by atoms with van der Waals surface area (Å²) < 4.78 is 0. The molecule has 40 heavy (non-hydrogen) atoms. The number of benzene rings is 7. The van der Waals surface area contributed by atoms with E-state index in [0.717, 1.165) is 0 Å². The molecule has 0 saturated carbocycles. The summed E-state index contributed by atoms with van der Waals surface area (Å²) in [6.07, 6.45) is 0. The fourth-order valence-electron chi connectivity index (χ4n) is 6.86. The summed E-state index contributed by atoms with van der Waals surface area (Å²) in [5, 5.41) is 5.17. The molecule has 7 aromatic rings. The lowest BCUT2D eigenvalue weighted by atomic mass is 9.39. The van der Waals surface area contributed by atoms with E-state index in [-0.39, 0.29) is 6.71 Å². The second kappa shape index (κ2) is 9.11. The zero-order valence-electron chi connectivity index (χ0n) is 22.4. The van der Waals surface area contributed by atoms with Gasteiger partial charge in [0.15, 0.2) is 0 Å². The Morgan fingerprint density at radius 3 is 1.43 bits per heavy atom. The third-order valence-corrected chi connectivity index (χ3v) is 8.61. The van der Waals surface area contributed by atoms with Crippen LogP contribution in [0.1, 0.15) is 5.56 Å². The van der Waals surface area contributed by atoms with Gasteiger partial charge in [0.1, 0.15) is 0 Å². The van der Waals surface area contributed by atoms with E-state index >= 15 is 0 Å². The van der Waals surface area contributed by atoms with Crippen LogP contribution in [0.15, 0.2) is 146 Å². The van der Waals surface area contributed by atoms with Gasteiger partial charge in [0.25, 0.3) is 0 Å². The number of fused-ring (bicyclic) bond motifs is 5. The average molecular weight is 506 g/mol. The maximum Gasteiger partial charge on any atom is 0.242 e. The highest BCUT2D eigenvalue weighted by Crippen LogP contribution is 2.43. The van der Waals surface area contributed by atoms with Crippen LogP contribution < -0.4 is 16.4 Å². The van der Waals surface area contributed by atoms with Crippen LogP contribution in [0.5, 0.6) is 0 Å². The van der Waals surface area contributed by atoms with Crippen molar-refractivity contribution in [3.8, 4) is 33.4 Å². The number of hydrogen-bond donors (Lipinski definition) is 0. The summed E-state index contributed by atoms with van der Waals surface area (Å²) in [6.45, 7) is 2.38. The molecule has 0 radical (unpaired) electrons. The van der Waals surface area contributed by atoms with E-state index in [2.05, 4.69) is 153 Å². The van der Waals surface area contributed by atoms with Crippen LogP contribution >= 0.6 is 0 Å². The Labute approximate surface area is 235 Å². The first-order valence-electron chi connectivity index (χ1n) is 14.1. The van der Waals surface area contributed by atoms with Crippen molar-refractivity contribution in [3.63, 3.8) is 0 Å². The van der Waals surface area contributed by atoms with Gasteiger partial charge < -0.3 is 0 Å². The van der Waals surface area contributed by atoms with Gasteiger partial charge in [0.05, 0.1) is 0 Å². The van der Waals surface area contributed by atoms with E-state index < -0.39 is 0 Å². The molecule has 0 spiro atoms. The molecule has 0 aliphatic carbocycles. The SMILES string of the molecule is Cc1ccc(-c2c3ccccc3c(-c3cccc(B4c5ccccc5-c5ccccc54)c3)c3ccccc23)cc1. The summed E-state index contributed by atoms with van der Waals surface area (Å²) in [5.74, 6) is 0. The summed E-state index contributed by atoms with van der Waals surface area (Å²) >= 11 is 0. The number of aryl methyl sites for hydroxylation is 1. The Balaban J connectivity index is 1.39. The van der Waals surface area contributed by atoms with Gasteiger partial charge in [-0.2, -0.15) is 0 Å². The fourth-order valence-corrected chi connectivity index (χ4v) is 6.86. The molecule has 1 aliphatic heterocycles. The molecule has 0 atom stereocenters. The van der Waals surface area contributed by atoms with Crippen molar-refractivity contribution < 1.29 is 0 Å². The van der Waals surface area contributed by atoms with Gasteiger partial charge in [0, 0.05) is 0 Å². The fraction of sp³-hybridized carbons (Fsp3) is 0.0256. The molecule has 186 valence electrons. The van der Waals surface area contributed by atoms with Gasteiger partial charge in [-0.25, -0.2) is 0 Å². The van der Waals surface area contributed by atoms with Gasteiger partial charge in [-0.05, 0) is 61.8 Å². The van der Waals surface area contributed by atoms with E-state index in [4.69, 9.17) is 0 Å². The summed E-state index contributed by atoms with van der Waals surface area (Å²) in [5.41, 5.74) is 13.3. The first-order chi connectivity index (χ1) is 19.8. The second-order valence-corrected chi connectivity index (χ2v) is 10.9. The van der Waals surface area contributed by atoms with E-state index in [1.807, 2.05) is 0 Å². The highest BCUT2D eigenvalue weighted by molar-refractivity contribution is 6.99. The quantitative estimate of drug-likeness (QED) is 0.168. The molecular weight excluding hydrogens is 479 g/mol. The normalized spacial score (nSPS) is 12.1. The smallest absolute Gasteiger partial charge is 0.0680 e. The molecule has 1 heterocycles. The monoisotopic (exact) mass is 506 g/mol. The van der Waals surface area contributed by atoms with Crippen LogP contribution in [0, 0.1) is 6.92 Å². The Kier molecular flexibility index (Phi) is 5.25. The van der Waals surface area contributed by atoms with Crippen molar-refractivity contribution in [2.24, 2.45) is 0 Å². The molecule has 7 aromatic carbocycles. The molecule has 0 fully saturated rings. The summed E-state index contributed by atoms with van der Waals surface area (Å²) in [4.78, 5) is 0. The molecule has 0 aromatic heterocycles. The highest BCUT2D eigenvalue weighted by atomic mass is 14.2. The van der Waals surface area contributed by atoms with Gasteiger partial charge >= 0.3 is 0 Å². The Morgan fingerprint density at radius 2 is 0.875 bits per heavy atom. The molecule has 0 bridgehead atoms. The Bertz CT molecular complexity index is 1960. The average Bonchev–Trinajstić information content (AvgIpc) is 3.35. The molecule has 8 rings (SSSR count). The standard InChI is InChI=1S/C39H27B/c1-26-21-23-27(24-22-26)38-32-15-2-4-17-34(32)39(35-18-5-3-16-33(35)38)28-11-10-12-29(25-28)40-36-19-8-6-13-30(36)31-14-7-9-20-37(31)40/h2-25H,1H3. The number of hydrogen-bond acceptors (Lipinski definition) is 0. The van der Waals surface area contributed by atoms with Gasteiger partial charge in [-0.1, -0.05) is 168 Å². The lowest BCUT2D eigenvalue weighted by Gasteiger charge is -2.19. The molecular formula is C39H27B. The molecule has 0 saturated heterocycles. The molecule has 1 aliphatic rings. The predicted octanol–water partition coefficient (Wildman–Crippen LogP) is 8.13. The van der Waals surface area contributed by atoms with Crippen LogP contribution in [0.4, 0.5) is 0 Å². The maximum absolute atomic E-state index is 2.43. The minimum atomic E-state index is 0.233. The zero-order chi connectivity index (χ0) is 26.6. The van der Waals surface area contributed by atoms with Gasteiger partial charge in [-0.3, -0.25) is 0 Å². The van der Waals surface area contributed by atoms with E-state index in [1.165, 1.54) is 76.9 Å². The second-order valence-electron chi connectivity index (χ2n) is 10.9. The minimum absolute atomic E-state index is 0.233. The molecule has 0 amide bonds. The molecule has 0 nitrogen and oxygen atoms in total. The van der Waals surface area contributed by atoms with Crippen LogP contribution in [0.25, 0.3) is 54.9 Å². The summed E-state index contributed by atoms with van der Waals surface area (Å²) in [7, 11) is 0. The largest absolute Gasteiger partial charge is 0.242 e. The third kappa shape index (κ3) is 3.48. The molecule has 1 heteroatoms. The first-order valence-corrected chi connectivity index (χ1v) is 14.1. The van der Waals surface area contributed by atoms with Crippen LogP contribution in [0.3, 0.4) is 0 Å². The van der Waals surface area contributed by atoms with Gasteiger partial charge in [0.2, 0.25) is 6.71 Å². The van der Waals surface area contributed by atoms with E-state index in [1.54, 1.807) is 0 Å². The Hall–Kier alpha value is -4.88. The predicted molar refractivity (Wildman–Crippen MR) is 174 cm³/mol. The van der Waals surface area contributed by atoms with Crippen LogP contribution in [-0.4, -0.2) is 6.71 Å². The highest BCUT2D eigenvalue weighted by Gasteiger charge is 2.33. The number of rotatable bonds is 3. The summed E-state index contributed by atoms with van der Waals surface area (Å²) in [6, 6.07) is 53.9. The third-order valence-electron chi connectivity index (χ3n) is 8.61. The van der Waals surface area contributed by atoms with Crippen molar-refractivity contribution in [1.82, 2.24) is 0 Å². The topological polar surface area (TPSA) is 0 Å². The Morgan fingerprint density at radius 1 is 0.400 bits per heavy atom. The minimum Gasteiger partial charge on any atom is -0.0680 e. The van der Waals surface area contributed by atoms with E-state index in [0.29, 0.717) is 0 Å². The van der Waals surface area contributed by atoms with Crippen molar-refractivity contribution in [1.29, 1.82) is 0 Å². The van der Waals surface area contributed by atoms with E-state index in [9.17, 15) is 0 Å². The first kappa shape index (κ1) is 23.1. The van der Waals surface area contributed by atoms with Crippen molar-refractivity contribution in [2.45, 2.75) is 6.92 Å².